The van der Waals surface area contributed by atoms with Gasteiger partial charge in [0.2, 0.25) is 0 Å². The van der Waals surface area contributed by atoms with Crippen molar-refractivity contribution in [2.24, 2.45) is 0 Å². The predicted molar refractivity (Wildman–Crippen MR) is 44.2 cm³/mol. The second-order valence-corrected chi connectivity index (χ2v) is 2.53. The molecule has 0 aromatic carbocycles. The molecule has 71 valence electrons. The smallest absolute Gasteiger partial charge is 0.316 e. The van der Waals surface area contributed by atoms with Crippen molar-refractivity contribution >= 4 is 0 Å². The van der Waals surface area contributed by atoms with E-state index >= 15 is 0 Å². The number of rotatable bonds is 4. The second-order valence-electron chi connectivity index (χ2n) is 2.53. The highest BCUT2D eigenvalue weighted by Crippen LogP contribution is 2.01. The van der Waals surface area contributed by atoms with Crippen molar-refractivity contribution in [2.75, 3.05) is 13.2 Å². The van der Waals surface area contributed by atoms with Crippen LogP contribution in [-0.2, 0) is 0 Å². The molecule has 1 atom stereocenters. The summed E-state index contributed by atoms with van der Waals surface area (Å²) in [4.78, 5) is 7.66. The first-order chi connectivity index (χ1) is 6.22. The van der Waals surface area contributed by atoms with Crippen molar-refractivity contribution < 1.29 is 14.9 Å². The van der Waals surface area contributed by atoms with E-state index in [4.69, 9.17) is 14.9 Å². The summed E-state index contributed by atoms with van der Waals surface area (Å²) in [5, 5.41) is 17.4. The Morgan fingerprint density at radius 2 is 2.46 bits per heavy atom. The monoisotopic (exact) mass is 183 g/mol. The van der Waals surface area contributed by atoms with E-state index in [2.05, 4.69) is 16.0 Å². The number of aryl methyl sites for hydroxylation is 1. The highest BCUT2D eigenvalue weighted by Gasteiger charge is 2.04. The van der Waals surface area contributed by atoms with Gasteiger partial charge in [-0.2, -0.15) is 4.98 Å². The van der Waals surface area contributed by atoms with E-state index in [1.54, 1.807) is 6.92 Å². The minimum Gasteiger partial charge on any atom is -0.461 e. The van der Waals surface area contributed by atoms with Crippen molar-refractivity contribution in [3.63, 3.8) is 0 Å². The van der Waals surface area contributed by atoms with E-state index in [9.17, 15) is 0 Å². The molecule has 5 nitrogen and oxygen atoms in total. The summed E-state index contributed by atoms with van der Waals surface area (Å²) in [5.41, 5.74) is 0.670. The summed E-state index contributed by atoms with van der Waals surface area (Å²) >= 11 is 0. The second kappa shape index (κ2) is 4.74. The third kappa shape index (κ3) is 3.35. The molecule has 0 bridgehead atoms. The van der Waals surface area contributed by atoms with Crippen molar-refractivity contribution in [2.45, 2.75) is 13.0 Å². The van der Waals surface area contributed by atoms with Crippen LogP contribution in [-0.4, -0.2) is 39.5 Å². The van der Waals surface area contributed by atoms with E-state index in [-0.39, 0.29) is 19.2 Å². The lowest BCUT2D eigenvalue weighted by Gasteiger charge is -2.07. The first kappa shape index (κ1) is 9.88. The molecule has 2 N–H and O–H groups in total. The molecule has 1 aromatic heterocycles. The molecular weight excluding hydrogens is 172 g/mol. The first-order valence-electron chi connectivity index (χ1n) is 3.85. The molecular formula is C8H11N2O3. The van der Waals surface area contributed by atoms with E-state index < -0.39 is 6.10 Å². The molecule has 1 rings (SSSR count). The maximum atomic E-state index is 8.95. The summed E-state index contributed by atoms with van der Waals surface area (Å²) in [6.45, 7) is 1.41. The Balaban J connectivity index is 2.45. The number of hydrogen-bond donors (Lipinski definition) is 2. The van der Waals surface area contributed by atoms with Gasteiger partial charge in [0.15, 0.2) is 0 Å². The number of nitrogens with zero attached hydrogens (tertiary/aromatic N) is 2. The van der Waals surface area contributed by atoms with Crippen LogP contribution < -0.4 is 4.74 Å². The highest BCUT2D eigenvalue weighted by atomic mass is 16.5. The van der Waals surface area contributed by atoms with E-state index in [1.165, 1.54) is 6.20 Å². The van der Waals surface area contributed by atoms with Crippen LogP contribution in [0.1, 0.15) is 5.69 Å². The Kier molecular flexibility index (Phi) is 3.60. The first-order valence-corrected chi connectivity index (χ1v) is 3.85. The standard InChI is InChI=1S/C8H11N2O3/c1-6-2-3-9-8(10-6)13-5-7(12)4-11/h3,7,11-12H,4-5H2,1H3. The maximum Gasteiger partial charge on any atom is 0.316 e. The van der Waals surface area contributed by atoms with Crippen LogP contribution in [0, 0.1) is 13.0 Å². The van der Waals surface area contributed by atoms with Crippen molar-refractivity contribution in [1.29, 1.82) is 0 Å². The van der Waals surface area contributed by atoms with E-state index in [0.717, 1.165) is 0 Å². The summed E-state index contributed by atoms with van der Waals surface area (Å²) in [7, 11) is 0. The maximum absolute atomic E-state index is 8.95. The average Bonchev–Trinajstić information content (AvgIpc) is 2.14. The summed E-state index contributed by atoms with van der Waals surface area (Å²) in [5.74, 6) is 0. The minimum atomic E-state index is -0.895. The number of aliphatic hydroxyl groups excluding tert-OH is 2. The molecule has 1 heterocycles. The van der Waals surface area contributed by atoms with Crippen molar-refractivity contribution in [1.82, 2.24) is 9.97 Å². The molecule has 0 aliphatic rings. The van der Waals surface area contributed by atoms with Crippen LogP contribution in [0.25, 0.3) is 0 Å². The lowest BCUT2D eigenvalue weighted by Crippen LogP contribution is -2.22. The fraction of sp³-hybridized carbons (Fsp3) is 0.500. The van der Waals surface area contributed by atoms with Crippen LogP contribution in [0.15, 0.2) is 6.20 Å². The van der Waals surface area contributed by atoms with Crippen LogP contribution in [0.5, 0.6) is 6.01 Å². The Morgan fingerprint density at radius 1 is 1.69 bits per heavy atom. The van der Waals surface area contributed by atoms with Gasteiger partial charge in [-0.3, -0.25) is 0 Å². The van der Waals surface area contributed by atoms with Gasteiger partial charge < -0.3 is 14.9 Å². The number of aromatic nitrogens is 2. The molecule has 1 aromatic rings. The van der Waals surface area contributed by atoms with Gasteiger partial charge >= 0.3 is 6.01 Å². The van der Waals surface area contributed by atoms with Crippen LogP contribution >= 0.6 is 0 Å². The van der Waals surface area contributed by atoms with Crippen molar-refractivity contribution in [3.8, 4) is 6.01 Å². The average molecular weight is 183 g/mol. The molecule has 1 unspecified atom stereocenters. The number of aliphatic hydroxyl groups is 2. The Bertz CT molecular complexity index is 267. The van der Waals surface area contributed by atoms with Crippen LogP contribution in [0.2, 0.25) is 0 Å². The molecule has 0 spiro atoms. The quantitative estimate of drug-likeness (QED) is 0.646. The highest BCUT2D eigenvalue weighted by molar-refractivity contribution is 5.01. The van der Waals surface area contributed by atoms with Gasteiger partial charge in [0.25, 0.3) is 0 Å². The summed E-state index contributed by atoms with van der Waals surface area (Å²) in [6.07, 6.45) is 0.552. The largest absolute Gasteiger partial charge is 0.461 e. The normalized spacial score (nSPS) is 12.5. The van der Waals surface area contributed by atoms with Crippen LogP contribution in [0.4, 0.5) is 0 Å². The SMILES string of the molecule is Cc1[c]cnc(OCC(O)CO)n1. The molecule has 13 heavy (non-hydrogen) atoms. The minimum absolute atomic E-state index is 0.0139. The number of ether oxygens (including phenoxy) is 1. The fourth-order valence-electron chi connectivity index (χ4n) is 0.678. The summed E-state index contributed by atoms with van der Waals surface area (Å²) in [6, 6.07) is 2.94. The molecule has 0 fully saturated rings. The van der Waals surface area contributed by atoms with Gasteiger partial charge in [-0.25, -0.2) is 4.98 Å². The molecule has 0 aliphatic carbocycles. The van der Waals surface area contributed by atoms with Gasteiger partial charge in [0, 0.05) is 12.3 Å². The zero-order valence-electron chi connectivity index (χ0n) is 7.27. The van der Waals surface area contributed by atoms with E-state index in [0.29, 0.717) is 5.69 Å². The van der Waals surface area contributed by atoms with Gasteiger partial charge in [-0.05, 0) is 6.92 Å². The lowest BCUT2D eigenvalue weighted by molar-refractivity contribution is 0.0504. The Morgan fingerprint density at radius 3 is 3.08 bits per heavy atom. The third-order valence-electron chi connectivity index (χ3n) is 1.33. The number of hydrogen-bond acceptors (Lipinski definition) is 5. The molecule has 0 saturated carbocycles. The zero-order valence-corrected chi connectivity index (χ0v) is 7.27. The summed E-state index contributed by atoms with van der Waals surface area (Å²) < 4.78 is 4.99. The topological polar surface area (TPSA) is 75.5 Å². The lowest BCUT2D eigenvalue weighted by atomic mass is 10.4. The molecule has 0 saturated heterocycles. The molecule has 5 heteroatoms. The Hall–Kier alpha value is -1.20. The third-order valence-corrected chi connectivity index (χ3v) is 1.33. The van der Waals surface area contributed by atoms with E-state index in [1.807, 2.05) is 0 Å². The van der Waals surface area contributed by atoms with Crippen molar-refractivity contribution in [3.05, 3.63) is 18.0 Å². The van der Waals surface area contributed by atoms with Gasteiger partial charge in [-0.15, -0.1) is 0 Å². The van der Waals surface area contributed by atoms with Gasteiger partial charge in [0.05, 0.1) is 12.3 Å². The zero-order chi connectivity index (χ0) is 9.68. The molecule has 1 radical (unpaired) electrons. The van der Waals surface area contributed by atoms with Gasteiger partial charge in [0.1, 0.15) is 12.7 Å². The van der Waals surface area contributed by atoms with Gasteiger partial charge in [-0.1, -0.05) is 0 Å². The van der Waals surface area contributed by atoms with Crippen LogP contribution in [0.3, 0.4) is 0 Å². The molecule has 0 aliphatic heterocycles. The Labute approximate surface area is 76.0 Å². The molecule has 0 amide bonds. The fourth-order valence-corrected chi connectivity index (χ4v) is 0.678. The predicted octanol–water partition coefficient (Wildman–Crippen LogP) is -0.683.